The number of hydrogen-bond donors (Lipinski definition) is 2. The molecule has 0 aliphatic carbocycles. The molecule has 0 saturated carbocycles. The SMILES string of the molecule is Cc1ccc(Nc2nc(-c3ccc(C(=O)N/N=C\c4ccc(-c5ccc(Cl)cc5Cl)o4)cc3)cs2)cc1. The Hall–Kier alpha value is -3.91. The topological polar surface area (TPSA) is 79.5 Å². The number of nitrogens with one attached hydrogen (secondary N) is 2. The number of aryl methyl sites for hydroxylation is 1. The van der Waals surface area contributed by atoms with Crippen LogP contribution in [0.1, 0.15) is 21.7 Å². The summed E-state index contributed by atoms with van der Waals surface area (Å²) in [7, 11) is 0. The molecule has 0 radical (unpaired) electrons. The molecule has 2 heterocycles. The minimum absolute atomic E-state index is 0.338. The third-order valence-corrected chi connectivity index (χ3v) is 6.74. The van der Waals surface area contributed by atoms with Gasteiger partial charge in [-0.3, -0.25) is 4.79 Å². The number of thiazole rings is 1. The minimum Gasteiger partial charge on any atom is -0.455 e. The van der Waals surface area contributed by atoms with Crippen molar-refractivity contribution < 1.29 is 9.21 Å². The average Bonchev–Trinajstić information content (AvgIpc) is 3.55. The predicted molar refractivity (Wildman–Crippen MR) is 151 cm³/mol. The molecule has 0 spiro atoms. The largest absolute Gasteiger partial charge is 0.455 e. The number of halogens is 2. The highest BCUT2D eigenvalue weighted by atomic mass is 35.5. The molecule has 1 amide bonds. The second-order valence-electron chi connectivity index (χ2n) is 8.13. The fourth-order valence-corrected chi connectivity index (χ4v) is 4.73. The van der Waals surface area contributed by atoms with Gasteiger partial charge in [0.1, 0.15) is 11.5 Å². The maximum absolute atomic E-state index is 12.5. The molecular weight excluding hydrogens is 527 g/mol. The second-order valence-corrected chi connectivity index (χ2v) is 9.83. The molecule has 2 N–H and O–H groups in total. The van der Waals surface area contributed by atoms with Crippen molar-refractivity contribution in [2.75, 3.05) is 5.32 Å². The van der Waals surface area contributed by atoms with Crippen LogP contribution in [0.5, 0.6) is 0 Å². The van der Waals surface area contributed by atoms with E-state index in [0.717, 1.165) is 22.1 Å². The van der Waals surface area contributed by atoms with Crippen molar-refractivity contribution in [2.45, 2.75) is 6.92 Å². The Bertz CT molecular complexity index is 1570. The zero-order valence-electron chi connectivity index (χ0n) is 19.5. The zero-order chi connectivity index (χ0) is 25.8. The summed E-state index contributed by atoms with van der Waals surface area (Å²) in [6.45, 7) is 2.05. The molecule has 0 aliphatic heterocycles. The molecule has 2 aromatic heterocycles. The Morgan fingerprint density at radius 1 is 1.00 bits per heavy atom. The van der Waals surface area contributed by atoms with Crippen molar-refractivity contribution in [3.05, 3.63) is 111 Å². The smallest absolute Gasteiger partial charge is 0.271 e. The molecule has 0 unspecified atom stereocenters. The molecule has 0 bridgehead atoms. The Kier molecular flexibility index (Phi) is 7.37. The van der Waals surface area contributed by atoms with Gasteiger partial charge in [0.25, 0.3) is 5.91 Å². The molecule has 0 atom stereocenters. The Morgan fingerprint density at radius 2 is 1.78 bits per heavy atom. The molecular formula is C28H20Cl2N4O2S. The molecule has 5 rings (SSSR count). The maximum Gasteiger partial charge on any atom is 0.271 e. The highest BCUT2D eigenvalue weighted by Crippen LogP contribution is 2.31. The molecule has 184 valence electrons. The van der Waals surface area contributed by atoms with Crippen molar-refractivity contribution in [2.24, 2.45) is 5.10 Å². The molecule has 0 fully saturated rings. The number of anilines is 2. The van der Waals surface area contributed by atoms with Crippen LogP contribution in [0.3, 0.4) is 0 Å². The minimum atomic E-state index is -0.338. The van der Waals surface area contributed by atoms with E-state index in [1.165, 1.54) is 23.1 Å². The van der Waals surface area contributed by atoms with E-state index in [1.54, 1.807) is 42.5 Å². The maximum atomic E-state index is 12.5. The summed E-state index contributed by atoms with van der Waals surface area (Å²) in [5.74, 6) is 0.704. The summed E-state index contributed by atoms with van der Waals surface area (Å²) in [5, 5.41) is 11.1. The van der Waals surface area contributed by atoms with Crippen LogP contribution in [0, 0.1) is 6.92 Å². The first-order valence-corrected chi connectivity index (χ1v) is 12.9. The lowest BCUT2D eigenvalue weighted by Gasteiger charge is -2.03. The van der Waals surface area contributed by atoms with E-state index in [0.29, 0.717) is 32.7 Å². The number of benzene rings is 3. The summed E-state index contributed by atoms with van der Waals surface area (Å²) in [6.07, 6.45) is 1.43. The number of carbonyl (C=O) groups excluding carboxylic acids is 1. The van der Waals surface area contributed by atoms with Crippen LogP contribution in [-0.4, -0.2) is 17.1 Å². The number of furan rings is 1. The third kappa shape index (κ3) is 6.09. The lowest BCUT2D eigenvalue weighted by atomic mass is 10.1. The molecule has 5 aromatic rings. The van der Waals surface area contributed by atoms with Gasteiger partial charge >= 0.3 is 0 Å². The first-order valence-electron chi connectivity index (χ1n) is 11.2. The van der Waals surface area contributed by atoms with Gasteiger partial charge in [0.15, 0.2) is 5.13 Å². The molecule has 0 saturated heterocycles. The molecule has 37 heavy (non-hydrogen) atoms. The normalized spacial score (nSPS) is 11.1. The number of nitrogens with zero attached hydrogens (tertiary/aromatic N) is 2. The van der Waals surface area contributed by atoms with Gasteiger partial charge in [0.2, 0.25) is 0 Å². The number of aromatic nitrogens is 1. The second kappa shape index (κ2) is 11.0. The fourth-order valence-electron chi connectivity index (χ4n) is 3.49. The van der Waals surface area contributed by atoms with Gasteiger partial charge in [-0.05, 0) is 61.5 Å². The van der Waals surface area contributed by atoms with E-state index in [9.17, 15) is 4.79 Å². The van der Waals surface area contributed by atoms with E-state index in [-0.39, 0.29) is 5.91 Å². The van der Waals surface area contributed by atoms with Crippen LogP contribution in [-0.2, 0) is 0 Å². The van der Waals surface area contributed by atoms with Crippen molar-refractivity contribution >= 4 is 57.5 Å². The van der Waals surface area contributed by atoms with Crippen LogP contribution in [0.25, 0.3) is 22.6 Å². The highest BCUT2D eigenvalue weighted by Gasteiger charge is 2.10. The lowest BCUT2D eigenvalue weighted by molar-refractivity contribution is 0.0955. The van der Waals surface area contributed by atoms with Crippen molar-refractivity contribution in [3.8, 4) is 22.6 Å². The number of hydrogen-bond acceptors (Lipinski definition) is 6. The number of hydrazone groups is 1. The Labute approximate surface area is 227 Å². The standard InChI is InChI=1S/C28H20Cl2N4O2S/c1-17-2-9-21(10-3-17)32-28-33-25(16-37-28)18-4-6-19(7-5-18)27(35)34-31-15-22-11-13-26(36-22)23-12-8-20(29)14-24(23)30/h2-16H,1H3,(H,32,33)(H,34,35)/b31-15-. The van der Waals surface area contributed by atoms with Gasteiger partial charge in [-0.15, -0.1) is 11.3 Å². The monoisotopic (exact) mass is 546 g/mol. The van der Waals surface area contributed by atoms with Crippen LogP contribution < -0.4 is 10.7 Å². The average molecular weight is 547 g/mol. The van der Waals surface area contributed by atoms with E-state index in [1.807, 2.05) is 41.8 Å². The highest BCUT2D eigenvalue weighted by molar-refractivity contribution is 7.14. The summed E-state index contributed by atoms with van der Waals surface area (Å²) in [4.78, 5) is 17.2. The van der Waals surface area contributed by atoms with E-state index in [2.05, 4.69) is 27.8 Å². The quantitative estimate of drug-likeness (QED) is 0.159. The zero-order valence-corrected chi connectivity index (χ0v) is 21.9. The van der Waals surface area contributed by atoms with E-state index in [4.69, 9.17) is 27.6 Å². The van der Waals surface area contributed by atoms with Crippen LogP contribution in [0.4, 0.5) is 10.8 Å². The van der Waals surface area contributed by atoms with Gasteiger partial charge in [-0.2, -0.15) is 5.10 Å². The summed E-state index contributed by atoms with van der Waals surface area (Å²) < 4.78 is 5.75. The van der Waals surface area contributed by atoms with Gasteiger partial charge in [0, 0.05) is 32.8 Å². The van der Waals surface area contributed by atoms with Crippen LogP contribution >= 0.6 is 34.5 Å². The van der Waals surface area contributed by atoms with Gasteiger partial charge in [0.05, 0.1) is 16.9 Å². The molecule has 9 heteroatoms. The fraction of sp³-hybridized carbons (Fsp3) is 0.0357. The lowest BCUT2D eigenvalue weighted by Crippen LogP contribution is -2.17. The van der Waals surface area contributed by atoms with Gasteiger partial charge in [-0.1, -0.05) is 53.0 Å². The summed E-state index contributed by atoms with van der Waals surface area (Å²) >= 11 is 13.7. The van der Waals surface area contributed by atoms with Gasteiger partial charge < -0.3 is 9.73 Å². The predicted octanol–water partition coefficient (Wildman–Crippen LogP) is 8.19. The number of carbonyl (C=O) groups is 1. The third-order valence-electron chi connectivity index (χ3n) is 5.43. The molecule has 3 aromatic carbocycles. The number of amides is 1. The van der Waals surface area contributed by atoms with E-state index < -0.39 is 0 Å². The van der Waals surface area contributed by atoms with Crippen LogP contribution in [0.2, 0.25) is 10.0 Å². The van der Waals surface area contributed by atoms with Gasteiger partial charge in [-0.25, -0.2) is 10.4 Å². The summed E-state index contributed by atoms with van der Waals surface area (Å²) in [5.41, 5.74) is 7.64. The van der Waals surface area contributed by atoms with Crippen LogP contribution in [0.15, 0.2) is 93.8 Å². The molecule has 6 nitrogen and oxygen atoms in total. The van der Waals surface area contributed by atoms with E-state index >= 15 is 0 Å². The number of rotatable bonds is 7. The van der Waals surface area contributed by atoms with Crippen molar-refractivity contribution in [1.82, 2.24) is 10.4 Å². The Balaban J connectivity index is 1.19. The Morgan fingerprint density at radius 3 is 2.54 bits per heavy atom. The molecule has 0 aliphatic rings. The van der Waals surface area contributed by atoms with Crippen molar-refractivity contribution in [1.29, 1.82) is 0 Å². The summed E-state index contributed by atoms with van der Waals surface area (Å²) in [6, 6.07) is 24.0. The first kappa shape index (κ1) is 24.8. The van der Waals surface area contributed by atoms with Crippen molar-refractivity contribution in [3.63, 3.8) is 0 Å². The first-order chi connectivity index (χ1) is 17.9.